The average molecular weight is 294 g/mol. The van der Waals surface area contributed by atoms with E-state index >= 15 is 0 Å². The molecule has 1 radical (unpaired) electrons. The van der Waals surface area contributed by atoms with Gasteiger partial charge in [0, 0.05) is 20.1 Å². The Bertz CT molecular complexity index is 147. The van der Waals surface area contributed by atoms with Gasteiger partial charge >= 0.3 is 0 Å². The minimum atomic E-state index is -1.65. The van der Waals surface area contributed by atoms with Gasteiger partial charge in [-0.1, -0.05) is 0 Å². The van der Waals surface area contributed by atoms with Gasteiger partial charge in [0.15, 0.2) is 6.29 Å². The first-order valence-corrected chi connectivity index (χ1v) is 3.84. The van der Waals surface area contributed by atoms with Gasteiger partial charge in [-0.3, -0.25) is 0 Å². The van der Waals surface area contributed by atoms with Crippen molar-refractivity contribution in [2.24, 2.45) is 0 Å². The van der Waals surface area contributed by atoms with Gasteiger partial charge < -0.3 is 25.2 Å². The molecule has 0 saturated carbocycles. The van der Waals surface area contributed by atoms with Crippen LogP contribution in [0.25, 0.3) is 0 Å². The first-order valence-electron chi connectivity index (χ1n) is 3.33. The third-order valence-corrected chi connectivity index (χ3v) is 1.89. The molecule has 0 aromatic heterocycles. The van der Waals surface area contributed by atoms with Crippen molar-refractivity contribution in [3.05, 3.63) is 0 Å². The van der Waals surface area contributed by atoms with Crippen molar-refractivity contribution in [3.8, 4) is 0 Å². The summed E-state index contributed by atoms with van der Waals surface area (Å²) in [5.74, 6) is 0. The number of thiol groups is 1. The van der Waals surface area contributed by atoms with Gasteiger partial charge in [-0.05, 0) is 0 Å². The van der Waals surface area contributed by atoms with E-state index < -0.39 is 30.2 Å². The van der Waals surface area contributed by atoms with Crippen LogP contribution in [-0.4, -0.2) is 56.9 Å². The molecule has 0 aliphatic heterocycles. The Morgan fingerprint density at radius 2 is 1.69 bits per heavy atom. The predicted octanol–water partition coefficient (Wildman–Crippen LogP) is -2.44. The fourth-order valence-corrected chi connectivity index (χ4v) is 0.794. The summed E-state index contributed by atoms with van der Waals surface area (Å²) in [5, 5.41) is 34.4. The van der Waals surface area contributed by atoms with Gasteiger partial charge in [0.1, 0.15) is 12.2 Å². The van der Waals surface area contributed by atoms with Gasteiger partial charge in [0.25, 0.3) is 0 Å². The second-order valence-electron chi connectivity index (χ2n) is 2.36. The molecule has 0 aliphatic carbocycles. The molecule has 13 heavy (non-hydrogen) atoms. The third-order valence-electron chi connectivity index (χ3n) is 1.42. The topological polar surface area (TPSA) is 98.0 Å². The molecule has 0 unspecified atom stereocenters. The Labute approximate surface area is 94.5 Å². The van der Waals surface area contributed by atoms with Crippen molar-refractivity contribution in [2.45, 2.75) is 23.6 Å². The molecular weight excluding hydrogens is 282 g/mol. The van der Waals surface area contributed by atoms with Crippen molar-refractivity contribution in [3.63, 3.8) is 0 Å². The molecule has 4 N–H and O–H groups in total. The van der Waals surface area contributed by atoms with Crippen LogP contribution in [0.2, 0.25) is 0 Å². The maximum absolute atomic E-state index is 9.95. The van der Waals surface area contributed by atoms with Crippen LogP contribution in [0.4, 0.5) is 0 Å². The molecule has 79 valence electrons. The molecule has 0 saturated heterocycles. The number of aliphatic hydroxyl groups is 4. The largest absolute Gasteiger partial charge is 0.395 e. The average Bonchev–Trinajstić information content (AvgIpc) is 2.12. The number of aliphatic hydroxyl groups excluding tert-OH is 4. The molecule has 0 spiro atoms. The van der Waals surface area contributed by atoms with Crippen LogP contribution in [0.5, 0.6) is 0 Å². The summed E-state index contributed by atoms with van der Waals surface area (Å²) in [6.45, 7) is -0.451. The summed E-state index contributed by atoms with van der Waals surface area (Å²) in [7, 11) is 0. The van der Waals surface area contributed by atoms with E-state index in [1.807, 2.05) is 0 Å². The smallest absolute Gasteiger partial charge is 0.151 e. The Morgan fingerprint density at radius 3 is 2.00 bits per heavy atom. The SMILES string of the molecule is O=C[C@H](O)[C@@H](O)[C@H](O)[C@H](S)CO.[Tc]. The quantitative estimate of drug-likeness (QED) is 0.287. The third kappa shape index (κ3) is 5.07. The van der Waals surface area contributed by atoms with Gasteiger partial charge in [0.05, 0.1) is 18.0 Å². The van der Waals surface area contributed by atoms with Gasteiger partial charge in [-0.2, -0.15) is 12.6 Å². The second kappa shape index (κ2) is 7.87. The number of hydrogen-bond donors (Lipinski definition) is 5. The summed E-state index contributed by atoms with van der Waals surface area (Å²) in [6, 6.07) is 0. The van der Waals surface area contributed by atoms with Crippen molar-refractivity contribution in [1.82, 2.24) is 0 Å². The molecular formula is C6H12O5STc. The molecule has 4 atom stereocenters. The van der Waals surface area contributed by atoms with Crippen LogP contribution >= 0.6 is 12.6 Å². The van der Waals surface area contributed by atoms with Crippen LogP contribution in [-0.2, 0) is 24.9 Å². The molecule has 0 aromatic carbocycles. The molecule has 0 rings (SSSR count). The van der Waals surface area contributed by atoms with E-state index in [0.29, 0.717) is 0 Å². The molecule has 0 fully saturated rings. The molecule has 7 heteroatoms. The van der Waals surface area contributed by atoms with E-state index in [1.54, 1.807) is 0 Å². The van der Waals surface area contributed by atoms with E-state index in [-0.39, 0.29) is 26.4 Å². The van der Waals surface area contributed by atoms with Gasteiger partial charge in [0.2, 0.25) is 0 Å². The van der Waals surface area contributed by atoms with E-state index in [4.69, 9.17) is 20.4 Å². The van der Waals surface area contributed by atoms with Crippen LogP contribution in [0, 0.1) is 0 Å². The molecule has 5 nitrogen and oxygen atoms in total. The summed E-state index contributed by atoms with van der Waals surface area (Å²) < 4.78 is 0. The van der Waals surface area contributed by atoms with Crippen LogP contribution < -0.4 is 0 Å². The summed E-state index contributed by atoms with van der Waals surface area (Å²) >= 11 is 3.71. The van der Waals surface area contributed by atoms with Gasteiger partial charge in [-0.25, -0.2) is 0 Å². The maximum atomic E-state index is 9.95. The maximum Gasteiger partial charge on any atom is 0.151 e. The summed E-state index contributed by atoms with van der Waals surface area (Å²) in [5.41, 5.74) is 0. The van der Waals surface area contributed by atoms with E-state index in [9.17, 15) is 4.79 Å². The summed E-state index contributed by atoms with van der Waals surface area (Å²) in [4.78, 5) is 9.95. The van der Waals surface area contributed by atoms with Crippen molar-refractivity contribution in [1.29, 1.82) is 0 Å². The molecule has 0 heterocycles. The Hall–Kier alpha value is 0.509. The number of carbonyl (C=O) groups is 1. The molecule has 0 aliphatic rings. The minimum Gasteiger partial charge on any atom is -0.395 e. The fourth-order valence-electron chi connectivity index (χ4n) is 0.618. The molecule has 0 aromatic rings. The Balaban J connectivity index is 0. The van der Waals surface area contributed by atoms with E-state index in [0.717, 1.165) is 0 Å². The standard InChI is InChI=1S/C6H12O5S.Tc/c7-1-3(9)5(10)6(11)4(12)2-8;/h1,3-6,8-12H,2H2;/t3-,4+,5+,6+;/m0./s1. The zero-order valence-corrected chi connectivity index (χ0v) is 9.37. The number of rotatable bonds is 5. The number of aldehydes is 1. The van der Waals surface area contributed by atoms with Crippen molar-refractivity contribution < 1.29 is 45.3 Å². The molecule has 0 amide bonds. The van der Waals surface area contributed by atoms with Gasteiger partial charge in [-0.15, -0.1) is 0 Å². The Kier molecular flexibility index (Phi) is 9.66. The van der Waals surface area contributed by atoms with Crippen LogP contribution in [0.15, 0.2) is 0 Å². The van der Waals surface area contributed by atoms with Crippen LogP contribution in [0.3, 0.4) is 0 Å². The van der Waals surface area contributed by atoms with E-state index in [2.05, 4.69) is 12.6 Å². The van der Waals surface area contributed by atoms with E-state index in [1.165, 1.54) is 0 Å². The number of hydrogen-bond acceptors (Lipinski definition) is 6. The van der Waals surface area contributed by atoms with Crippen LogP contribution in [0.1, 0.15) is 0 Å². The predicted molar refractivity (Wildman–Crippen MR) is 43.9 cm³/mol. The summed E-state index contributed by atoms with van der Waals surface area (Å²) in [6.07, 6.45) is -4.59. The molecule has 0 bridgehead atoms. The first-order chi connectivity index (χ1) is 5.54. The Morgan fingerprint density at radius 1 is 1.23 bits per heavy atom. The first kappa shape index (κ1) is 16.0. The minimum absolute atomic E-state index is 0. The normalized spacial score (nSPS) is 19.5. The van der Waals surface area contributed by atoms with Crippen molar-refractivity contribution in [2.75, 3.05) is 6.61 Å². The fraction of sp³-hybridized carbons (Fsp3) is 0.833. The zero-order valence-electron chi connectivity index (χ0n) is 6.62. The monoisotopic (exact) mass is 293 g/mol. The second-order valence-corrected chi connectivity index (χ2v) is 3.02. The number of carbonyl (C=O) groups excluding carboxylic acids is 1. The van der Waals surface area contributed by atoms with Crippen molar-refractivity contribution >= 4 is 18.9 Å². The zero-order chi connectivity index (χ0) is 9.72.